The SMILES string of the molecule is CC(=O)Oc1ccccc1C=NC1OC[C@@H](O)[C@H](O)[C@H]1O. The van der Waals surface area contributed by atoms with Crippen LogP contribution in [-0.4, -0.2) is 58.7 Å². The van der Waals surface area contributed by atoms with Crippen molar-refractivity contribution in [1.29, 1.82) is 0 Å². The number of rotatable bonds is 3. The summed E-state index contributed by atoms with van der Waals surface area (Å²) in [6.07, 6.45) is -3.39. The summed E-state index contributed by atoms with van der Waals surface area (Å²) in [4.78, 5) is 15.0. The van der Waals surface area contributed by atoms with Crippen LogP contribution in [0.2, 0.25) is 0 Å². The van der Waals surface area contributed by atoms with Crippen molar-refractivity contribution >= 4 is 12.2 Å². The summed E-state index contributed by atoms with van der Waals surface area (Å²) < 4.78 is 10.2. The van der Waals surface area contributed by atoms with E-state index in [1.807, 2.05) is 0 Å². The number of benzene rings is 1. The lowest BCUT2D eigenvalue weighted by Crippen LogP contribution is -2.52. The first-order valence-electron chi connectivity index (χ1n) is 6.45. The molecule has 1 fully saturated rings. The van der Waals surface area contributed by atoms with Gasteiger partial charge in [0.15, 0.2) is 6.23 Å². The van der Waals surface area contributed by atoms with Gasteiger partial charge in [-0.25, -0.2) is 0 Å². The van der Waals surface area contributed by atoms with Gasteiger partial charge in [0.2, 0.25) is 0 Å². The van der Waals surface area contributed by atoms with E-state index in [4.69, 9.17) is 9.47 Å². The van der Waals surface area contributed by atoms with Gasteiger partial charge in [-0.3, -0.25) is 9.79 Å². The fourth-order valence-corrected chi connectivity index (χ4v) is 1.91. The number of nitrogens with zero attached hydrogens (tertiary/aromatic N) is 1. The zero-order valence-corrected chi connectivity index (χ0v) is 11.4. The Hall–Kier alpha value is -1.80. The molecule has 1 aromatic rings. The van der Waals surface area contributed by atoms with E-state index in [2.05, 4.69) is 4.99 Å². The molecule has 3 N–H and O–H groups in total. The van der Waals surface area contributed by atoms with Crippen molar-refractivity contribution in [3.8, 4) is 5.75 Å². The van der Waals surface area contributed by atoms with Crippen molar-refractivity contribution in [2.75, 3.05) is 6.61 Å². The Kier molecular flexibility index (Phi) is 5.03. The maximum Gasteiger partial charge on any atom is 0.308 e. The van der Waals surface area contributed by atoms with Crippen molar-refractivity contribution in [2.24, 2.45) is 4.99 Å². The van der Waals surface area contributed by atoms with E-state index in [0.717, 1.165) is 0 Å². The minimum absolute atomic E-state index is 0.119. The van der Waals surface area contributed by atoms with Crippen LogP contribution in [0.5, 0.6) is 5.75 Å². The van der Waals surface area contributed by atoms with Crippen LogP contribution in [0.4, 0.5) is 0 Å². The van der Waals surface area contributed by atoms with E-state index in [0.29, 0.717) is 11.3 Å². The van der Waals surface area contributed by atoms with Gasteiger partial charge in [0.25, 0.3) is 0 Å². The lowest BCUT2D eigenvalue weighted by molar-refractivity contribution is -0.183. The van der Waals surface area contributed by atoms with Gasteiger partial charge in [-0.15, -0.1) is 0 Å². The molecule has 7 nitrogen and oxygen atoms in total. The zero-order chi connectivity index (χ0) is 15.4. The first-order chi connectivity index (χ1) is 9.99. The summed E-state index contributed by atoms with van der Waals surface area (Å²) in [5.41, 5.74) is 0.532. The van der Waals surface area contributed by atoms with Crippen LogP contribution in [0, 0.1) is 0 Å². The van der Waals surface area contributed by atoms with E-state index in [-0.39, 0.29) is 6.61 Å². The van der Waals surface area contributed by atoms with Gasteiger partial charge in [-0.05, 0) is 12.1 Å². The molecule has 2 rings (SSSR count). The minimum atomic E-state index is -1.33. The highest BCUT2D eigenvalue weighted by Crippen LogP contribution is 2.19. The van der Waals surface area contributed by atoms with Crippen LogP contribution in [0.15, 0.2) is 29.3 Å². The van der Waals surface area contributed by atoms with Gasteiger partial charge in [0.05, 0.1) is 6.61 Å². The van der Waals surface area contributed by atoms with Gasteiger partial charge in [-0.2, -0.15) is 0 Å². The quantitative estimate of drug-likeness (QED) is 0.393. The molecule has 1 heterocycles. The van der Waals surface area contributed by atoms with E-state index in [9.17, 15) is 20.1 Å². The minimum Gasteiger partial charge on any atom is -0.426 e. The molecule has 0 spiro atoms. The van der Waals surface area contributed by atoms with E-state index >= 15 is 0 Å². The topological polar surface area (TPSA) is 109 Å². The third kappa shape index (κ3) is 3.85. The Morgan fingerprint density at radius 2 is 2.05 bits per heavy atom. The van der Waals surface area contributed by atoms with Crippen LogP contribution in [-0.2, 0) is 9.53 Å². The molecule has 0 radical (unpaired) electrons. The number of aliphatic hydroxyl groups is 3. The molecule has 1 aromatic carbocycles. The number of aliphatic imine (C=N–C) groups is 1. The summed E-state index contributed by atoms with van der Waals surface area (Å²) in [6.45, 7) is 1.17. The molecule has 0 aromatic heterocycles. The monoisotopic (exact) mass is 295 g/mol. The van der Waals surface area contributed by atoms with Crippen molar-refractivity contribution in [2.45, 2.75) is 31.5 Å². The first kappa shape index (κ1) is 15.6. The molecule has 4 atom stereocenters. The number of hydrogen-bond donors (Lipinski definition) is 3. The third-order valence-corrected chi connectivity index (χ3v) is 3.01. The van der Waals surface area contributed by atoms with Crippen LogP contribution >= 0.6 is 0 Å². The average molecular weight is 295 g/mol. The number of carbonyl (C=O) groups excluding carboxylic acids is 1. The molecule has 1 aliphatic rings. The molecule has 114 valence electrons. The summed E-state index contributed by atoms with van der Waals surface area (Å²) in [6, 6.07) is 6.74. The molecule has 1 unspecified atom stereocenters. The Bertz CT molecular complexity index is 532. The van der Waals surface area contributed by atoms with Crippen LogP contribution < -0.4 is 4.74 Å². The second-order valence-electron chi connectivity index (χ2n) is 4.68. The van der Waals surface area contributed by atoms with Gasteiger partial charge in [-0.1, -0.05) is 12.1 Å². The van der Waals surface area contributed by atoms with Gasteiger partial charge in [0, 0.05) is 18.7 Å². The van der Waals surface area contributed by atoms with Gasteiger partial charge in [0.1, 0.15) is 24.1 Å². The largest absolute Gasteiger partial charge is 0.426 e. The zero-order valence-electron chi connectivity index (χ0n) is 11.4. The summed E-state index contributed by atoms with van der Waals surface area (Å²) >= 11 is 0. The molecule has 7 heteroatoms. The molecule has 0 amide bonds. The highest BCUT2D eigenvalue weighted by Gasteiger charge is 2.37. The smallest absolute Gasteiger partial charge is 0.308 e. The fraction of sp³-hybridized carbons (Fsp3) is 0.429. The Morgan fingerprint density at radius 3 is 2.76 bits per heavy atom. The lowest BCUT2D eigenvalue weighted by Gasteiger charge is -2.32. The standard InChI is InChI=1S/C14H17NO6/c1-8(16)21-11-5-3-2-4-9(11)6-15-14-13(19)12(18)10(17)7-20-14/h2-6,10,12-14,17-19H,7H2,1H3/t10-,12+,13-,14?/m1/s1. The van der Waals surface area contributed by atoms with Crippen molar-refractivity contribution in [1.82, 2.24) is 0 Å². The lowest BCUT2D eigenvalue weighted by atomic mass is 10.0. The van der Waals surface area contributed by atoms with E-state index < -0.39 is 30.5 Å². The summed E-state index contributed by atoms with van der Waals surface area (Å²) in [7, 11) is 0. The average Bonchev–Trinajstić information content (AvgIpc) is 2.45. The van der Waals surface area contributed by atoms with Gasteiger partial charge >= 0.3 is 5.97 Å². The molecular weight excluding hydrogens is 278 g/mol. The molecule has 0 aliphatic carbocycles. The van der Waals surface area contributed by atoms with Crippen LogP contribution in [0.1, 0.15) is 12.5 Å². The molecule has 0 saturated carbocycles. The molecule has 1 saturated heterocycles. The first-order valence-corrected chi connectivity index (χ1v) is 6.45. The second kappa shape index (κ2) is 6.77. The maximum absolute atomic E-state index is 11.0. The van der Waals surface area contributed by atoms with Crippen LogP contribution in [0.25, 0.3) is 0 Å². The van der Waals surface area contributed by atoms with E-state index in [1.54, 1.807) is 24.3 Å². The predicted octanol–water partition coefficient (Wildman–Crippen LogP) is -0.530. The second-order valence-corrected chi connectivity index (χ2v) is 4.68. The Morgan fingerprint density at radius 1 is 1.33 bits per heavy atom. The van der Waals surface area contributed by atoms with Crippen molar-refractivity contribution in [3.05, 3.63) is 29.8 Å². The molecule has 1 aliphatic heterocycles. The number of para-hydroxylation sites is 1. The Labute approximate surface area is 121 Å². The fourth-order valence-electron chi connectivity index (χ4n) is 1.91. The van der Waals surface area contributed by atoms with Crippen molar-refractivity contribution in [3.63, 3.8) is 0 Å². The predicted molar refractivity (Wildman–Crippen MR) is 73.1 cm³/mol. The number of carbonyl (C=O) groups is 1. The Balaban J connectivity index is 2.12. The maximum atomic E-state index is 11.0. The number of aliphatic hydroxyl groups excluding tert-OH is 3. The van der Waals surface area contributed by atoms with E-state index in [1.165, 1.54) is 13.1 Å². The summed E-state index contributed by atoms with van der Waals surface area (Å²) in [5, 5.41) is 28.7. The van der Waals surface area contributed by atoms with Crippen molar-refractivity contribution < 1.29 is 29.6 Å². The summed E-state index contributed by atoms with van der Waals surface area (Å²) in [5.74, 6) is -0.122. The number of esters is 1. The van der Waals surface area contributed by atoms with Gasteiger partial charge < -0.3 is 24.8 Å². The molecule has 21 heavy (non-hydrogen) atoms. The highest BCUT2D eigenvalue weighted by molar-refractivity contribution is 5.85. The third-order valence-electron chi connectivity index (χ3n) is 3.01. The van der Waals surface area contributed by atoms with Crippen LogP contribution in [0.3, 0.4) is 0 Å². The normalized spacial score (nSPS) is 29.5. The number of ether oxygens (including phenoxy) is 2. The number of hydrogen-bond acceptors (Lipinski definition) is 7. The molecular formula is C14H17NO6. The molecule has 0 bridgehead atoms. The highest BCUT2D eigenvalue weighted by atomic mass is 16.5.